The molecular formula is C41H25NS. The van der Waals surface area contributed by atoms with Crippen LogP contribution in [0, 0.1) is 0 Å². The minimum Gasteiger partial charge on any atom is -0.354 e. The Hall–Kier alpha value is -5.18. The van der Waals surface area contributed by atoms with Crippen LogP contribution in [0.1, 0.15) is 22.3 Å². The highest BCUT2D eigenvalue weighted by Crippen LogP contribution is 2.64. The van der Waals surface area contributed by atoms with Crippen LogP contribution < -0.4 is 5.32 Å². The summed E-state index contributed by atoms with van der Waals surface area (Å²) < 4.78 is 2.62. The molecule has 2 aliphatic carbocycles. The number of thiophene rings is 1. The first-order chi connectivity index (χ1) is 21.3. The van der Waals surface area contributed by atoms with Crippen LogP contribution in [-0.2, 0) is 5.41 Å². The third kappa shape index (κ3) is 2.91. The molecule has 0 saturated heterocycles. The summed E-state index contributed by atoms with van der Waals surface area (Å²) >= 11 is 1.88. The van der Waals surface area contributed by atoms with Gasteiger partial charge in [0, 0.05) is 26.7 Å². The monoisotopic (exact) mass is 563 g/mol. The second kappa shape index (κ2) is 8.44. The van der Waals surface area contributed by atoms with Gasteiger partial charge < -0.3 is 5.32 Å². The predicted molar refractivity (Wildman–Crippen MR) is 183 cm³/mol. The lowest BCUT2D eigenvalue weighted by Crippen LogP contribution is -2.26. The van der Waals surface area contributed by atoms with Gasteiger partial charge in [0.2, 0.25) is 0 Å². The van der Waals surface area contributed by atoms with Crippen LogP contribution in [0.5, 0.6) is 0 Å². The van der Waals surface area contributed by atoms with E-state index in [1.54, 1.807) is 0 Å². The highest BCUT2D eigenvalue weighted by atomic mass is 32.1. The fourth-order valence-corrected chi connectivity index (χ4v) is 9.26. The van der Waals surface area contributed by atoms with Crippen molar-refractivity contribution < 1.29 is 0 Å². The van der Waals surface area contributed by atoms with Gasteiger partial charge in [0.15, 0.2) is 0 Å². The van der Waals surface area contributed by atoms with E-state index in [1.165, 1.54) is 75.5 Å². The quantitative estimate of drug-likeness (QED) is 0.221. The third-order valence-electron chi connectivity index (χ3n) is 9.67. The SMILES string of the molecule is c1ccc2c(c1)-c1ccccc1C21c2ccccc2-c2cccc(Nc3cccc4c3sc3ccc5ccccc5c34)c21. The molecule has 43 heavy (non-hydrogen) atoms. The average molecular weight is 564 g/mol. The Labute approximate surface area is 253 Å². The lowest BCUT2D eigenvalue weighted by atomic mass is 9.70. The zero-order valence-corrected chi connectivity index (χ0v) is 24.1. The molecule has 0 bridgehead atoms. The van der Waals surface area contributed by atoms with E-state index in [0.717, 1.165) is 11.4 Å². The highest BCUT2D eigenvalue weighted by Gasteiger charge is 2.52. The fourth-order valence-electron chi connectivity index (χ4n) is 8.07. The molecular weight excluding hydrogens is 539 g/mol. The molecule has 2 heteroatoms. The Morgan fingerprint density at radius 2 is 1.00 bits per heavy atom. The largest absolute Gasteiger partial charge is 0.354 e. The van der Waals surface area contributed by atoms with Crippen molar-refractivity contribution in [2.45, 2.75) is 5.41 Å². The first-order valence-corrected chi connectivity index (χ1v) is 15.7. The maximum atomic E-state index is 4.01. The zero-order valence-electron chi connectivity index (χ0n) is 23.3. The maximum Gasteiger partial charge on any atom is 0.0745 e. The zero-order chi connectivity index (χ0) is 28.1. The van der Waals surface area contributed by atoms with Crippen LogP contribution in [0.4, 0.5) is 11.4 Å². The molecule has 0 atom stereocenters. The molecule has 0 aliphatic heterocycles. The van der Waals surface area contributed by atoms with Crippen LogP contribution >= 0.6 is 11.3 Å². The van der Waals surface area contributed by atoms with Gasteiger partial charge in [0.1, 0.15) is 0 Å². The number of fused-ring (bicyclic) bond motifs is 15. The van der Waals surface area contributed by atoms with Crippen molar-refractivity contribution in [1.82, 2.24) is 0 Å². The summed E-state index contributed by atoms with van der Waals surface area (Å²) in [5, 5.41) is 9.27. The van der Waals surface area contributed by atoms with Gasteiger partial charge in [-0.15, -0.1) is 11.3 Å². The fraction of sp³-hybridized carbons (Fsp3) is 0.0244. The molecule has 2 aliphatic rings. The normalized spacial score (nSPS) is 13.8. The molecule has 1 nitrogen and oxygen atoms in total. The first kappa shape index (κ1) is 23.4. The molecule has 0 saturated carbocycles. The second-order valence-electron chi connectivity index (χ2n) is 11.7. The molecule has 7 aromatic carbocycles. The summed E-state index contributed by atoms with van der Waals surface area (Å²) in [6.07, 6.45) is 0. The van der Waals surface area contributed by atoms with Crippen LogP contribution in [0.2, 0.25) is 0 Å². The molecule has 1 N–H and O–H groups in total. The second-order valence-corrected chi connectivity index (χ2v) is 12.7. The van der Waals surface area contributed by atoms with Crippen molar-refractivity contribution in [2.24, 2.45) is 0 Å². The number of rotatable bonds is 2. The van der Waals surface area contributed by atoms with E-state index in [9.17, 15) is 0 Å². The number of hydrogen-bond donors (Lipinski definition) is 1. The van der Waals surface area contributed by atoms with Crippen molar-refractivity contribution in [3.05, 3.63) is 168 Å². The number of benzene rings is 7. The van der Waals surface area contributed by atoms with E-state index >= 15 is 0 Å². The molecule has 0 amide bonds. The Morgan fingerprint density at radius 3 is 1.74 bits per heavy atom. The van der Waals surface area contributed by atoms with Crippen LogP contribution in [0.25, 0.3) is 53.2 Å². The van der Waals surface area contributed by atoms with Crippen LogP contribution in [0.15, 0.2) is 146 Å². The smallest absolute Gasteiger partial charge is 0.0745 e. The lowest BCUT2D eigenvalue weighted by molar-refractivity contribution is 0.796. The van der Waals surface area contributed by atoms with Gasteiger partial charge in [0.05, 0.1) is 15.8 Å². The molecule has 0 radical (unpaired) electrons. The summed E-state index contributed by atoms with van der Waals surface area (Å²) in [4.78, 5) is 0. The van der Waals surface area contributed by atoms with E-state index < -0.39 is 0 Å². The van der Waals surface area contributed by atoms with Crippen molar-refractivity contribution in [3.8, 4) is 22.3 Å². The molecule has 8 aromatic rings. The Kier molecular flexibility index (Phi) is 4.59. The van der Waals surface area contributed by atoms with Gasteiger partial charge in [-0.2, -0.15) is 0 Å². The van der Waals surface area contributed by atoms with Gasteiger partial charge in [-0.25, -0.2) is 0 Å². The van der Waals surface area contributed by atoms with E-state index in [2.05, 4.69) is 151 Å². The number of hydrogen-bond acceptors (Lipinski definition) is 2. The van der Waals surface area contributed by atoms with Crippen molar-refractivity contribution in [3.63, 3.8) is 0 Å². The molecule has 1 aromatic heterocycles. The van der Waals surface area contributed by atoms with E-state index in [1.807, 2.05) is 11.3 Å². The number of nitrogens with one attached hydrogen (secondary N) is 1. The molecule has 200 valence electrons. The molecule has 0 fully saturated rings. The summed E-state index contributed by atoms with van der Waals surface area (Å²) in [5.41, 5.74) is 12.7. The molecule has 10 rings (SSSR count). The molecule has 1 heterocycles. The highest BCUT2D eigenvalue weighted by molar-refractivity contribution is 7.26. The van der Waals surface area contributed by atoms with Gasteiger partial charge >= 0.3 is 0 Å². The minimum absolute atomic E-state index is 0.382. The Bertz CT molecular complexity index is 2380. The topological polar surface area (TPSA) is 12.0 Å². The van der Waals surface area contributed by atoms with Gasteiger partial charge in [-0.05, 0) is 67.9 Å². The maximum absolute atomic E-state index is 4.01. The van der Waals surface area contributed by atoms with Gasteiger partial charge in [-0.3, -0.25) is 0 Å². The number of anilines is 2. The van der Waals surface area contributed by atoms with E-state index in [4.69, 9.17) is 0 Å². The average Bonchev–Trinajstić information content (AvgIpc) is 3.70. The van der Waals surface area contributed by atoms with Crippen LogP contribution in [-0.4, -0.2) is 0 Å². The first-order valence-electron chi connectivity index (χ1n) is 14.9. The lowest BCUT2D eigenvalue weighted by Gasteiger charge is -2.32. The Morgan fingerprint density at radius 1 is 0.442 bits per heavy atom. The minimum atomic E-state index is -0.382. The molecule has 1 spiro atoms. The standard InChI is InChI=1S/C41H25NS/c1-2-12-26-25(11-1)23-24-37-38(26)31-17-10-22-36(40(31)43-37)42-35-21-9-16-30-29-15-5-8-20-34(29)41(39(30)35)32-18-6-3-13-27(32)28-14-4-7-19-33(28)41/h1-24,42H. The predicted octanol–water partition coefficient (Wildman–Crippen LogP) is 11.3. The van der Waals surface area contributed by atoms with E-state index in [-0.39, 0.29) is 5.41 Å². The summed E-state index contributed by atoms with van der Waals surface area (Å²) in [6.45, 7) is 0. The van der Waals surface area contributed by atoms with E-state index in [0.29, 0.717) is 0 Å². The summed E-state index contributed by atoms with van der Waals surface area (Å²) in [6, 6.07) is 53.8. The third-order valence-corrected chi connectivity index (χ3v) is 10.9. The van der Waals surface area contributed by atoms with Gasteiger partial charge in [0.25, 0.3) is 0 Å². The van der Waals surface area contributed by atoms with Gasteiger partial charge in [-0.1, -0.05) is 127 Å². The van der Waals surface area contributed by atoms with Crippen molar-refractivity contribution >= 4 is 53.7 Å². The molecule has 0 unspecified atom stereocenters. The summed E-state index contributed by atoms with van der Waals surface area (Å²) in [5.74, 6) is 0. The van der Waals surface area contributed by atoms with Crippen LogP contribution in [0.3, 0.4) is 0 Å². The summed E-state index contributed by atoms with van der Waals surface area (Å²) in [7, 11) is 0. The van der Waals surface area contributed by atoms with Crippen molar-refractivity contribution in [1.29, 1.82) is 0 Å². The van der Waals surface area contributed by atoms with Crippen molar-refractivity contribution in [2.75, 3.05) is 5.32 Å². The Balaban J connectivity index is 1.26.